The van der Waals surface area contributed by atoms with E-state index in [1.807, 2.05) is 0 Å². The van der Waals surface area contributed by atoms with Gasteiger partial charge >= 0.3 is 19.8 Å². The highest BCUT2D eigenvalue weighted by Gasteiger charge is 2.23. The average Bonchev–Trinajstić information content (AvgIpc) is 3.22. The van der Waals surface area contributed by atoms with Gasteiger partial charge in [0, 0.05) is 12.8 Å². The molecule has 1 atom stereocenters. The summed E-state index contributed by atoms with van der Waals surface area (Å²) in [7, 11) is -4.75. The van der Waals surface area contributed by atoms with Crippen LogP contribution in [0.15, 0.2) is 0 Å². The molecule has 0 aliphatic rings. The smallest absolute Gasteiger partial charge is 0.462 e. The lowest BCUT2D eigenvalue weighted by molar-refractivity contribution is -0.161. The lowest BCUT2D eigenvalue weighted by Crippen LogP contribution is -2.29. The number of hydrogen-bond acceptors (Lipinski definition) is 6. The Morgan fingerprint density at radius 2 is 0.600 bits per heavy atom. The molecule has 0 heterocycles. The summed E-state index contributed by atoms with van der Waals surface area (Å²) < 4.78 is 26.6. The van der Waals surface area contributed by atoms with E-state index in [-0.39, 0.29) is 19.4 Å². The van der Waals surface area contributed by atoms with Crippen LogP contribution in [0.4, 0.5) is 0 Å². The molecule has 0 fully saturated rings. The maximum Gasteiger partial charge on any atom is 0.469 e. The lowest BCUT2D eigenvalue weighted by Gasteiger charge is -2.18. The number of ether oxygens (including phenoxy) is 2. The third kappa shape index (κ3) is 49.7. The van der Waals surface area contributed by atoms with E-state index in [0.29, 0.717) is 6.42 Å². The Labute approximate surface area is 372 Å². The zero-order chi connectivity index (χ0) is 43.9. The van der Waals surface area contributed by atoms with Gasteiger partial charge in [0.1, 0.15) is 6.61 Å². The number of carbonyl (C=O) groups excluding carboxylic acids is 2. The Hall–Kier alpha value is -0.950. The molecule has 1 unspecified atom stereocenters. The highest BCUT2D eigenvalue weighted by molar-refractivity contribution is 7.46. The van der Waals surface area contributed by atoms with Gasteiger partial charge in [0.2, 0.25) is 0 Å². The second kappa shape index (κ2) is 47.5. The van der Waals surface area contributed by atoms with Crippen LogP contribution in [0.3, 0.4) is 0 Å². The topological polar surface area (TPSA) is 119 Å². The summed E-state index contributed by atoms with van der Waals surface area (Å²) in [5.41, 5.74) is 0. The molecule has 0 rings (SSSR count). The summed E-state index contributed by atoms with van der Waals surface area (Å²) >= 11 is 0. The Bertz CT molecular complexity index is 940. The van der Waals surface area contributed by atoms with Gasteiger partial charge in [-0.25, -0.2) is 4.57 Å². The SMILES string of the molecule is CCCCCCCCCCCCCCCCCCCCCCCCCCC(=O)OC(COC(=O)CCCCCCCCCCCCCCCCCCCC)COP(=O)(O)O. The minimum atomic E-state index is -4.75. The Morgan fingerprint density at radius 3 is 0.850 bits per heavy atom. The van der Waals surface area contributed by atoms with Crippen molar-refractivity contribution in [3.05, 3.63) is 0 Å². The van der Waals surface area contributed by atoms with Crippen molar-refractivity contribution < 1.29 is 37.9 Å². The van der Waals surface area contributed by atoms with Gasteiger partial charge in [-0.1, -0.05) is 271 Å². The van der Waals surface area contributed by atoms with E-state index in [1.54, 1.807) is 0 Å². The fraction of sp³-hybridized carbons (Fsp3) is 0.961. The molecule has 0 saturated heterocycles. The molecule has 0 aromatic carbocycles. The van der Waals surface area contributed by atoms with E-state index in [9.17, 15) is 14.2 Å². The Kier molecular flexibility index (Phi) is 46.8. The highest BCUT2D eigenvalue weighted by Crippen LogP contribution is 2.36. The van der Waals surface area contributed by atoms with Gasteiger partial charge in [0.15, 0.2) is 6.10 Å². The van der Waals surface area contributed by atoms with Crippen LogP contribution in [0.2, 0.25) is 0 Å². The number of unbranched alkanes of at least 4 members (excludes halogenated alkanes) is 40. The maximum absolute atomic E-state index is 12.5. The molecule has 9 heteroatoms. The van der Waals surface area contributed by atoms with Gasteiger partial charge in [-0.05, 0) is 12.8 Å². The fourth-order valence-corrected chi connectivity index (χ4v) is 8.56. The molecular weight excluding hydrogens is 772 g/mol. The molecule has 0 bridgehead atoms. The summed E-state index contributed by atoms with van der Waals surface area (Å²) in [6.07, 6.45) is 54.2. The molecule has 60 heavy (non-hydrogen) atoms. The van der Waals surface area contributed by atoms with E-state index in [2.05, 4.69) is 18.4 Å². The van der Waals surface area contributed by atoms with Crippen LogP contribution in [-0.2, 0) is 28.2 Å². The molecule has 2 N–H and O–H groups in total. The number of rotatable bonds is 50. The van der Waals surface area contributed by atoms with E-state index in [1.165, 1.54) is 231 Å². The van der Waals surface area contributed by atoms with E-state index >= 15 is 0 Å². The number of carbonyl (C=O) groups is 2. The molecule has 358 valence electrons. The maximum atomic E-state index is 12.5. The summed E-state index contributed by atoms with van der Waals surface area (Å²) in [6, 6.07) is 0. The molecule has 0 aromatic heterocycles. The van der Waals surface area contributed by atoms with Gasteiger partial charge in [-0.3, -0.25) is 14.1 Å². The number of esters is 2. The fourth-order valence-electron chi connectivity index (χ4n) is 8.20. The average molecular weight is 873 g/mol. The Morgan fingerprint density at radius 1 is 0.367 bits per heavy atom. The first-order chi connectivity index (χ1) is 29.3. The van der Waals surface area contributed by atoms with E-state index in [0.717, 1.165) is 32.1 Å². The quantitative estimate of drug-likeness (QED) is 0.0352. The van der Waals surface area contributed by atoms with E-state index < -0.39 is 32.5 Å². The van der Waals surface area contributed by atoms with Crippen LogP contribution in [0.1, 0.15) is 296 Å². The molecule has 0 amide bonds. The second-order valence-corrected chi connectivity index (χ2v) is 19.5. The third-order valence-corrected chi connectivity index (χ3v) is 12.6. The second-order valence-electron chi connectivity index (χ2n) is 18.2. The molecule has 0 aliphatic heterocycles. The minimum absolute atomic E-state index is 0.221. The van der Waals surface area contributed by atoms with Crippen molar-refractivity contribution in [2.45, 2.75) is 302 Å². The molecule has 0 aliphatic carbocycles. The standard InChI is InChI=1S/C51H101O8P/c1-3-5-7-9-11-13-15-17-19-21-23-24-25-26-27-28-30-32-34-36-38-40-42-44-46-51(53)59-49(48-58-60(54,55)56)47-57-50(52)45-43-41-39-37-35-33-31-29-22-20-18-16-14-12-10-8-6-4-2/h49H,3-48H2,1-2H3,(H2,54,55,56). The third-order valence-electron chi connectivity index (χ3n) is 12.1. The zero-order valence-electron chi connectivity index (χ0n) is 39.9. The monoisotopic (exact) mass is 873 g/mol. The first-order valence-corrected chi connectivity index (χ1v) is 27.9. The predicted octanol–water partition coefficient (Wildman–Crippen LogP) is 16.8. The largest absolute Gasteiger partial charge is 0.469 e. The molecule has 0 radical (unpaired) electrons. The van der Waals surface area contributed by atoms with Crippen molar-refractivity contribution in [1.82, 2.24) is 0 Å². The predicted molar refractivity (Wildman–Crippen MR) is 253 cm³/mol. The first kappa shape index (κ1) is 59.0. The van der Waals surface area contributed by atoms with Crippen molar-refractivity contribution in [3.8, 4) is 0 Å². The van der Waals surface area contributed by atoms with Gasteiger partial charge in [-0.15, -0.1) is 0 Å². The molecule has 0 saturated carbocycles. The van der Waals surface area contributed by atoms with Crippen LogP contribution in [0.5, 0.6) is 0 Å². The van der Waals surface area contributed by atoms with Crippen LogP contribution >= 0.6 is 7.82 Å². The van der Waals surface area contributed by atoms with Crippen molar-refractivity contribution in [3.63, 3.8) is 0 Å². The zero-order valence-corrected chi connectivity index (χ0v) is 40.8. The van der Waals surface area contributed by atoms with Gasteiger partial charge in [-0.2, -0.15) is 0 Å². The van der Waals surface area contributed by atoms with Crippen LogP contribution < -0.4 is 0 Å². The van der Waals surface area contributed by atoms with E-state index in [4.69, 9.17) is 19.3 Å². The summed E-state index contributed by atoms with van der Waals surface area (Å²) in [4.78, 5) is 43.1. The van der Waals surface area contributed by atoms with Gasteiger partial charge in [0.05, 0.1) is 6.61 Å². The summed E-state index contributed by atoms with van der Waals surface area (Å²) in [5, 5.41) is 0. The van der Waals surface area contributed by atoms with Gasteiger partial charge in [0.25, 0.3) is 0 Å². The lowest BCUT2D eigenvalue weighted by atomic mass is 10.0. The molecule has 0 aromatic rings. The molecule has 8 nitrogen and oxygen atoms in total. The molecular formula is C51H101O8P. The van der Waals surface area contributed by atoms with Crippen LogP contribution in [0.25, 0.3) is 0 Å². The van der Waals surface area contributed by atoms with Crippen LogP contribution in [-0.4, -0.2) is 41.0 Å². The highest BCUT2D eigenvalue weighted by atomic mass is 31.2. The molecule has 0 spiro atoms. The van der Waals surface area contributed by atoms with Crippen molar-refractivity contribution in [1.29, 1.82) is 0 Å². The van der Waals surface area contributed by atoms with Crippen molar-refractivity contribution >= 4 is 19.8 Å². The number of phosphoric ester groups is 1. The van der Waals surface area contributed by atoms with Gasteiger partial charge < -0.3 is 19.3 Å². The first-order valence-electron chi connectivity index (χ1n) is 26.3. The number of hydrogen-bond donors (Lipinski definition) is 2. The summed E-state index contributed by atoms with van der Waals surface area (Å²) in [5.74, 6) is -0.860. The van der Waals surface area contributed by atoms with Crippen molar-refractivity contribution in [2.75, 3.05) is 13.2 Å². The van der Waals surface area contributed by atoms with Crippen LogP contribution in [0, 0.1) is 0 Å². The number of phosphoric acid groups is 1. The normalized spacial score (nSPS) is 12.3. The van der Waals surface area contributed by atoms with Crippen molar-refractivity contribution in [2.24, 2.45) is 0 Å². The Balaban J connectivity index is 3.73. The minimum Gasteiger partial charge on any atom is -0.462 e. The summed E-state index contributed by atoms with van der Waals surface area (Å²) in [6.45, 7) is 3.76.